The molecular weight excluding hydrogens is 222 g/mol. The van der Waals surface area contributed by atoms with Crippen LogP contribution in [0.15, 0.2) is 5.16 Å². The van der Waals surface area contributed by atoms with E-state index in [1.165, 1.54) is 32.1 Å². The van der Waals surface area contributed by atoms with E-state index < -0.39 is 0 Å². The second-order valence-corrected chi connectivity index (χ2v) is 5.84. The third-order valence-corrected chi connectivity index (χ3v) is 4.64. The molecule has 1 aliphatic carbocycles. The van der Waals surface area contributed by atoms with E-state index >= 15 is 0 Å². The highest BCUT2D eigenvalue weighted by Crippen LogP contribution is 2.33. The van der Waals surface area contributed by atoms with E-state index in [9.17, 15) is 0 Å². The van der Waals surface area contributed by atoms with Crippen molar-refractivity contribution in [1.82, 2.24) is 25.5 Å². The molecule has 1 atom stereocenters. The summed E-state index contributed by atoms with van der Waals surface area (Å²) in [6.45, 7) is 2.21. The molecule has 0 aromatic carbocycles. The minimum Gasteiger partial charge on any atom is -0.316 e. The van der Waals surface area contributed by atoms with Crippen LogP contribution in [0, 0.1) is 0 Å². The normalized spacial score (nSPS) is 26.6. The van der Waals surface area contributed by atoms with Crippen LogP contribution in [0.25, 0.3) is 0 Å². The minimum absolute atomic E-state index is 0.548. The Hall–Kier alpha value is -0.620. The van der Waals surface area contributed by atoms with E-state index in [1.54, 1.807) is 0 Å². The molecule has 3 rings (SSSR count). The number of nitrogens with one attached hydrogen (secondary N) is 1. The maximum atomic E-state index is 4.16. The Morgan fingerprint density at radius 2 is 2.12 bits per heavy atom. The number of thioether (sulfide) groups is 1. The molecule has 16 heavy (non-hydrogen) atoms. The Morgan fingerprint density at radius 1 is 1.25 bits per heavy atom. The molecule has 1 aromatic rings. The molecule has 0 amide bonds. The number of hydrogen-bond donors (Lipinski definition) is 1. The topological polar surface area (TPSA) is 55.6 Å². The zero-order valence-electron chi connectivity index (χ0n) is 9.30. The van der Waals surface area contributed by atoms with E-state index in [0.717, 1.165) is 18.2 Å². The summed E-state index contributed by atoms with van der Waals surface area (Å²) >= 11 is 1.84. The summed E-state index contributed by atoms with van der Waals surface area (Å²) < 4.78 is 2.05. The molecule has 0 spiro atoms. The van der Waals surface area contributed by atoms with Gasteiger partial charge in [0.15, 0.2) is 0 Å². The van der Waals surface area contributed by atoms with Crippen LogP contribution in [-0.4, -0.2) is 38.5 Å². The van der Waals surface area contributed by atoms with Gasteiger partial charge in [-0.2, -0.15) is 0 Å². The van der Waals surface area contributed by atoms with Crippen LogP contribution in [0.4, 0.5) is 0 Å². The summed E-state index contributed by atoms with van der Waals surface area (Å²) in [6, 6.07) is 0.548. The van der Waals surface area contributed by atoms with Gasteiger partial charge in [0, 0.05) is 11.8 Å². The fraction of sp³-hybridized carbons (Fsp3) is 0.900. The molecule has 5 nitrogen and oxygen atoms in total. The number of rotatable bonds is 3. The zero-order chi connectivity index (χ0) is 10.8. The fourth-order valence-corrected chi connectivity index (χ4v) is 3.63. The smallest absolute Gasteiger partial charge is 0.209 e. The molecule has 1 saturated heterocycles. The quantitative estimate of drug-likeness (QED) is 0.860. The van der Waals surface area contributed by atoms with Crippen LogP contribution >= 0.6 is 11.8 Å². The lowest BCUT2D eigenvalue weighted by Gasteiger charge is -2.12. The van der Waals surface area contributed by atoms with Gasteiger partial charge in [0.1, 0.15) is 0 Å². The lowest BCUT2D eigenvalue weighted by atomic mass is 10.3. The highest BCUT2D eigenvalue weighted by molar-refractivity contribution is 7.99. The van der Waals surface area contributed by atoms with Crippen LogP contribution in [-0.2, 0) is 0 Å². The summed E-state index contributed by atoms with van der Waals surface area (Å²) in [5, 5.41) is 17.2. The van der Waals surface area contributed by atoms with Crippen molar-refractivity contribution in [2.75, 3.05) is 13.1 Å². The van der Waals surface area contributed by atoms with Crippen molar-refractivity contribution in [3.8, 4) is 0 Å². The predicted octanol–water partition coefficient (Wildman–Crippen LogP) is 1.24. The van der Waals surface area contributed by atoms with E-state index in [1.807, 2.05) is 11.8 Å². The molecule has 1 unspecified atom stereocenters. The molecule has 0 radical (unpaired) electrons. The molecule has 2 heterocycles. The first kappa shape index (κ1) is 10.5. The van der Waals surface area contributed by atoms with Gasteiger partial charge in [-0.15, -0.1) is 5.10 Å². The molecule has 1 aliphatic heterocycles. The second kappa shape index (κ2) is 4.71. The highest BCUT2D eigenvalue weighted by atomic mass is 32.2. The molecule has 1 aromatic heterocycles. The van der Waals surface area contributed by atoms with Gasteiger partial charge in [-0.3, -0.25) is 0 Å². The monoisotopic (exact) mass is 239 g/mol. The molecule has 88 valence electrons. The van der Waals surface area contributed by atoms with Gasteiger partial charge in [0.25, 0.3) is 0 Å². The van der Waals surface area contributed by atoms with Gasteiger partial charge in [-0.05, 0) is 36.2 Å². The standard InChI is InChI=1S/C10H17N5S/c1-2-4-8(3-1)15-10(12-13-14-15)16-9-5-6-11-7-9/h8-9,11H,1-7H2. The van der Waals surface area contributed by atoms with Crippen molar-refractivity contribution in [3.05, 3.63) is 0 Å². The highest BCUT2D eigenvalue weighted by Gasteiger charge is 2.24. The molecular formula is C10H17N5S. The molecule has 6 heteroatoms. The maximum Gasteiger partial charge on any atom is 0.209 e. The van der Waals surface area contributed by atoms with Gasteiger partial charge < -0.3 is 5.32 Å². The SMILES string of the molecule is C1CCC(n2nnnc2SC2CCNC2)C1. The Morgan fingerprint density at radius 3 is 2.88 bits per heavy atom. The largest absolute Gasteiger partial charge is 0.316 e. The van der Waals surface area contributed by atoms with Gasteiger partial charge in [0.2, 0.25) is 5.16 Å². The van der Waals surface area contributed by atoms with Crippen LogP contribution < -0.4 is 5.32 Å². The summed E-state index contributed by atoms with van der Waals surface area (Å²) in [6.07, 6.45) is 6.34. The number of aromatic nitrogens is 4. The first-order valence-corrected chi connectivity index (χ1v) is 6.96. The van der Waals surface area contributed by atoms with Crippen molar-refractivity contribution in [2.24, 2.45) is 0 Å². The zero-order valence-corrected chi connectivity index (χ0v) is 10.1. The van der Waals surface area contributed by atoms with Crippen molar-refractivity contribution < 1.29 is 0 Å². The van der Waals surface area contributed by atoms with Gasteiger partial charge in [-0.1, -0.05) is 24.6 Å². The average Bonchev–Trinajstić information content (AvgIpc) is 2.98. The molecule has 1 saturated carbocycles. The fourth-order valence-electron chi connectivity index (χ4n) is 2.52. The van der Waals surface area contributed by atoms with Crippen LogP contribution in [0.1, 0.15) is 38.1 Å². The summed E-state index contributed by atoms with van der Waals surface area (Å²) in [5.41, 5.74) is 0. The number of tetrazole rings is 1. The Balaban J connectivity index is 1.71. The molecule has 2 fully saturated rings. The van der Waals surface area contributed by atoms with Gasteiger partial charge >= 0.3 is 0 Å². The van der Waals surface area contributed by atoms with Crippen LogP contribution in [0.3, 0.4) is 0 Å². The van der Waals surface area contributed by atoms with Crippen molar-refractivity contribution in [1.29, 1.82) is 0 Å². The van der Waals surface area contributed by atoms with E-state index in [-0.39, 0.29) is 0 Å². The molecule has 0 bridgehead atoms. The predicted molar refractivity (Wildman–Crippen MR) is 62.5 cm³/mol. The minimum atomic E-state index is 0.548. The Labute approximate surface area is 99.4 Å². The summed E-state index contributed by atoms with van der Waals surface area (Å²) in [5.74, 6) is 0. The Bertz CT molecular complexity index is 341. The van der Waals surface area contributed by atoms with Crippen molar-refractivity contribution >= 4 is 11.8 Å². The molecule has 1 N–H and O–H groups in total. The first-order valence-electron chi connectivity index (χ1n) is 6.09. The van der Waals surface area contributed by atoms with Crippen LogP contribution in [0.5, 0.6) is 0 Å². The summed E-state index contributed by atoms with van der Waals surface area (Å²) in [4.78, 5) is 0. The maximum absolute atomic E-state index is 4.16. The average molecular weight is 239 g/mol. The first-order chi connectivity index (χ1) is 7.93. The second-order valence-electron chi connectivity index (χ2n) is 4.58. The van der Waals surface area contributed by atoms with Gasteiger partial charge in [0.05, 0.1) is 6.04 Å². The van der Waals surface area contributed by atoms with E-state index in [4.69, 9.17) is 0 Å². The van der Waals surface area contributed by atoms with E-state index in [0.29, 0.717) is 11.3 Å². The lowest BCUT2D eigenvalue weighted by Crippen LogP contribution is -2.13. The lowest BCUT2D eigenvalue weighted by molar-refractivity contribution is 0.422. The van der Waals surface area contributed by atoms with Gasteiger partial charge in [-0.25, -0.2) is 4.68 Å². The third-order valence-electron chi connectivity index (χ3n) is 3.42. The Kier molecular flexibility index (Phi) is 3.10. The van der Waals surface area contributed by atoms with Crippen molar-refractivity contribution in [2.45, 2.75) is 48.6 Å². The third kappa shape index (κ3) is 2.08. The van der Waals surface area contributed by atoms with Crippen LogP contribution in [0.2, 0.25) is 0 Å². The van der Waals surface area contributed by atoms with E-state index in [2.05, 4.69) is 25.5 Å². The number of nitrogens with zero attached hydrogens (tertiary/aromatic N) is 4. The molecule has 2 aliphatic rings. The summed E-state index contributed by atoms with van der Waals surface area (Å²) in [7, 11) is 0. The number of hydrogen-bond acceptors (Lipinski definition) is 5. The van der Waals surface area contributed by atoms with Crippen molar-refractivity contribution in [3.63, 3.8) is 0 Å².